The van der Waals surface area contributed by atoms with Gasteiger partial charge in [0, 0.05) is 48.8 Å². The molecule has 6 aromatic rings. The minimum Gasteiger partial charge on any atom is -0.351 e. The molecule has 0 aliphatic carbocycles. The van der Waals surface area contributed by atoms with Crippen LogP contribution >= 0.6 is 0 Å². The molecule has 0 spiro atoms. The Labute approximate surface area is 281 Å². The molecule has 48 heavy (non-hydrogen) atoms. The lowest BCUT2D eigenvalue weighted by molar-refractivity contribution is 0.204. The second-order valence-electron chi connectivity index (χ2n) is 13.0. The molecule has 0 fully saturated rings. The molecular weight excluding hydrogens is 600 g/mol. The zero-order chi connectivity index (χ0) is 33.6. The number of pyridine rings is 2. The van der Waals surface area contributed by atoms with E-state index in [9.17, 15) is 4.79 Å². The van der Waals surface area contributed by atoms with Crippen molar-refractivity contribution in [1.29, 1.82) is 0 Å². The van der Waals surface area contributed by atoms with Crippen LogP contribution in [-0.4, -0.2) is 66.2 Å². The van der Waals surface area contributed by atoms with Gasteiger partial charge in [0.25, 0.3) is 0 Å². The Morgan fingerprint density at radius 1 is 0.708 bits per heavy atom. The van der Waals surface area contributed by atoms with Crippen molar-refractivity contribution < 1.29 is 4.79 Å². The summed E-state index contributed by atoms with van der Waals surface area (Å²) in [5.74, 6) is 0.446. The maximum absolute atomic E-state index is 12.4. The number of nitrogens with two attached hydrogens (primary N) is 3. The van der Waals surface area contributed by atoms with Crippen LogP contribution < -0.4 is 17.2 Å². The molecule has 0 saturated carbocycles. The van der Waals surface area contributed by atoms with E-state index in [-0.39, 0.29) is 17.9 Å². The van der Waals surface area contributed by atoms with Crippen molar-refractivity contribution in [3.8, 4) is 0 Å². The summed E-state index contributed by atoms with van der Waals surface area (Å²) in [7, 11) is 0. The predicted octanol–water partition coefficient (Wildman–Crippen LogP) is 6.03. The van der Waals surface area contributed by atoms with E-state index in [1.54, 1.807) is 4.90 Å². The first-order valence-electron chi connectivity index (χ1n) is 17.3. The van der Waals surface area contributed by atoms with Gasteiger partial charge in [0.05, 0.1) is 46.1 Å². The SMILES string of the molecule is CC(CCN)c1nc2ccccc2c2c1ncn2CCCCN(CCCCn1cnc2c(C(C)CCN)nc3ccccc3c21)C(N)=O. The van der Waals surface area contributed by atoms with Crippen molar-refractivity contribution in [2.24, 2.45) is 17.2 Å². The number of primary amides is 1. The molecule has 11 nitrogen and oxygen atoms in total. The Bertz CT molecular complexity index is 1880. The van der Waals surface area contributed by atoms with Crippen molar-refractivity contribution in [2.75, 3.05) is 26.2 Å². The van der Waals surface area contributed by atoms with E-state index in [0.29, 0.717) is 26.2 Å². The highest BCUT2D eigenvalue weighted by molar-refractivity contribution is 6.04. The van der Waals surface area contributed by atoms with E-state index in [2.05, 4.69) is 47.2 Å². The zero-order valence-electron chi connectivity index (χ0n) is 28.2. The Morgan fingerprint density at radius 2 is 1.15 bits per heavy atom. The molecule has 0 radical (unpaired) electrons. The molecule has 6 rings (SSSR count). The highest BCUT2D eigenvalue weighted by atomic mass is 16.2. The lowest BCUT2D eigenvalue weighted by atomic mass is 10.0. The molecule has 2 aromatic carbocycles. The number of carbonyl (C=O) groups excluding carboxylic acids is 1. The fourth-order valence-electron chi connectivity index (χ4n) is 6.91. The number of hydrogen-bond acceptors (Lipinski definition) is 7. The molecule has 4 aromatic heterocycles. The first-order chi connectivity index (χ1) is 23.4. The van der Waals surface area contributed by atoms with Crippen LogP contribution in [0.1, 0.15) is 75.6 Å². The second-order valence-corrected chi connectivity index (χ2v) is 13.0. The van der Waals surface area contributed by atoms with Crippen LogP contribution in [-0.2, 0) is 13.1 Å². The molecule has 0 saturated heterocycles. The number of urea groups is 1. The average Bonchev–Trinajstić information content (AvgIpc) is 3.72. The number of rotatable bonds is 16. The van der Waals surface area contributed by atoms with Gasteiger partial charge in [0.2, 0.25) is 0 Å². The summed E-state index contributed by atoms with van der Waals surface area (Å²) in [5, 5.41) is 2.20. The number of fused-ring (bicyclic) bond motifs is 6. The molecule has 11 heteroatoms. The van der Waals surface area contributed by atoms with Crippen LogP contribution in [0.25, 0.3) is 43.9 Å². The average molecular weight is 649 g/mol. The van der Waals surface area contributed by atoms with Crippen molar-refractivity contribution in [3.05, 3.63) is 72.6 Å². The number of nitrogens with zero attached hydrogens (tertiary/aromatic N) is 7. The van der Waals surface area contributed by atoms with Gasteiger partial charge in [-0.2, -0.15) is 0 Å². The summed E-state index contributed by atoms with van der Waals surface area (Å²) in [6.07, 6.45) is 9.04. The first kappa shape index (κ1) is 33.3. The van der Waals surface area contributed by atoms with Crippen LogP contribution in [0.3, 0.4) is 0 Å². The summed E-state index contributed by atoms with van der Waals surface area (Å²) in [5.41, 5.74) is 25.7. The number of hydrogen-bond donors (Lipinski definition) is 3. The summed E-state index contributed by atoms with van der Waals surface area (Å²) < 4.78 is 4.45. The molecule has 0 aliphatic rings. The van der Waals surface area contributed by atoms with Crippen LogP contribution in [0, 0.1) is 0 Å². The van der Waals surface area contributed by atoms with Gasteiger partial charge >= 0.3 is 6.03 Å². The maximum atomic E-state index is 12.4. The van der Waals surface area contributed by atoms with Gasteiger partial charge in [-0.15, -0.1) is 0 Å². The van der Waals surface area contributed by atoms with Crippen molar-refractivity contribution in [1.82, 2.24) is 34.0 Å². The fourth-order valence-corrected chi connectivity index (χ4v) is 6.91. The third-order valence-corrected chi connectivity index (χ3v) is 9.56. The lowest BCUT2D eigenvalue weighted by Crippen LogP contribution is -2.37. The topological polar surface area (TPSA) is 160 Å². The molecule has 0 bridgehead atoms. The van der Waals surface area contributed by atoms with E-state index in [4.69, 9.17) is 37.1 Å². The van der Waals surface area contributed by atoms with Gasteiger partial charge in [-0.25, -0.2) is 14.8 Å². The summed E-state index contributed by atoms with van der Waals surface area (Å²) in [4.78, 5) is 33.7. The fraction of sp³-hybridized carbons (Fsp3) is 0.432. The Hall–Kier alpha value is -4.61. The summed E-state index contributed by atoms with van der Waals surface area (Å²) in [6, 6.07) is 16.1. The standard InChI is InChI=1S/C37H48N10O/c1-25(15-17-38)31-33-35(27-11-3-5-13-29(27)43-31)46(23-41-33)21-9-7-19-45(37(40)48)20-8-10-22-47-24-42-34-32(26(2)16-18-39)44-30-14-6-4-12-28(30)36(34)47/h3-6,11-14,23-26H,7-10,15-22,38-39H2,1-2H3,(H2,40,48). The predicted molar refractivity (Wildman–Crippen MR) is 194 cm³/mol. The smallest absolute Gasteiger partial charge is 0.314 e. The second kappa shape index (κ2) is 15.1. The first-order valence-corrected chi connectivity index (χ1v) is 17.3. The minimum atomic E-state index is -0.373. The largest absolute Gasteiger partial charge is 0.351 e. The number of imidazole rings is 2. The number of carbonyl (C=O) groups is 1. The summed E-state index contributed by atoms with van der Waals surface area (Å²) >= 11 is 0. The van der Waals surface area contributed by atoms with E-state index in [0.717, 1.165) is 107 Å². The van der Waals surface area contributed by atoms with E-state index < -0.39 is 0 Å². The number of amides is 2. The molecule has 0 aliphatic heterocycles. The molecule has 252 valence electrons. The van der Waals surface area contributed by atoms with Gasteiger partial charge in [-0.1, -0.05) is 50.2 Å². The van der Waals surface area contributed by atoms with Crippen molar-refractivity contribution in [3.63, 3.8) is 0 Å². The maximum Gasteiger partial charge on any atom is 0.314 e. The number of aromatic nitrogens is 6. The van der Waals surface area contributed by atoms with E-state index in [1.165, 1.54) is 0 Å². The third-order valence-electron chi connectivity index (χ3n) is 9.56. The molecule has 2 unspecified atom stereocenters. The number of benzene rings is 2. The van der Waals surface area contributed by atoms with Crippen LogP contribution in [0.4, 0.5) is 4.79 Å². The minimum absolute atomic E-state index is 0.223. The zero-order valence-corrected chi connectivity index (χ0v) is 28.2. The summed E-state index contributed by atoms with van der Waals surface area (Å²) in [6.45, 7) is 8.39. The van der Waals surface area contributed by atoms with Crippen LogP contribution in [0.2, 0.25) is 0 Å². The van der Waals surface area contributed by atoms with Gasteiger partial charge in [0.15, 0.2) is 0 Å². The van der Waals surface area contributed by atoms with Crippen molar-refractivity contribution >= 4 is 49.9 Å². The van der Waals surface area contributed by atoms with Crippen LogP contribution in [0.15, 0.2) is 61.2 Å². The van der Waals surface area contributed by atoms with Gasteiger partial charge in [-0.3, -0.25) is 9.97 Å². The third kappa shape index (κ3) is 6.84. The van der Waals surface area contributed by atoms with Gasteiger partial charge in [-0.05, 0) is 63.7 Å². The highest BCUT2D eigenvalue weighted by Crippen LogP contribution is 2.32. The number of unbranched alkanes of at least 4 members (excludes halogenated alkanes) is 2. The Kier molecular flexibility index (Phi) is 10.5. The monoisotopic (exact) mass is 648 g/mol. The van der Waals surface area contributed by atoms with Gasteiger partial charge < -0.3 is 31.2 Å². The normalized spacial score (nSPS) is 13.2. The quantitative estimate of drug-likeness (QED) is 0.108. The van der Waals surface area contributed by atoms with E-state index >= 15 is 0 Å². The molecule has 2 amide bonds. The van der Waals surface area contributed by atoms with Crippen molar-refractivity contribution in [2.45, 2.75) is 77.3 Å². The number of para-hydroxylation sites is 2. The Balaban J connectivity index is 1.08. The molecular formula is C37H48N10O. The number of aryl methyl sites for hydroxylation is 2. The Morgan fingerprint density at radius 3 is 1.56 bits per heavy atom. The highest BCUT2D eigenvalue weighted by Gasteiger charge is 2.20. The van der Waals surface area contributed by atoms with E-state index in [1.807, 2.05) is 36.9 Å². The molecule has 4 heterocycles. The van der Waals surface area contributed by atoms with Crippen LogP contribution in [0.5, 0.6) is 0 Å². The molecule has 2 atom stereocenters. The lowest BCUT2D eigenvalue weighted by Gasteiger charge is -2.20. The molecule has 6 N–H and O–H groups in total. The van der Waals surface area contributed by atoms with Gasteiger partial charge in [0.1, 0.15) is 11.0 Å².